The molecule has 0 spiro atoms. The van der Waals surface area contributed by atoms with Crippen LogP contribution in [0.2, 0.25) is 0 Å². The molecule has 3 nitrogen and oxygen atoms in total. The van der Waals surface area contributed by atoms with E-state index in [4.69, 9.17) is 4.52 Å². The average Bonchev–Trinajstić information content (AvgIpc) is 2.81. The predicted molar refractivity (Wildman–Crippen MR) is 67.0 cm³/mol. The lowest BCUT2D eigenvalue weighted by Crippen LogP contribution is -2.04. The molecule has 0 saturated carbocycles. The van der Waals surface area contributed by atoms with Crippen molar-refractivity contribution in [1.29, 1.82) is 0 Å². The van der Waals surface area contributed by atoms with E-state index in [0.29, 0.717) is 11.3 Å². The fraction of sp³-hybridized carbons (Fsp3) is 0.143. The first-order valence-corrected chi connectivity index (χ1v) is 5.85. The van der Waals surface area contributed by atoms with Crippen LogP contribution < -0.4 is 0 Å². The Morgan fingerprint density at radius 2 is 1.80 bits per heavy atom. The maximum atomic E-state index is 12.7. The van der Waals surface area contributed by atoms with Crippen molar-refractivity contribution in [2.24, 2.45) is 0 Å². The molecule has 0 aliphatic heterocycles. The smallest absolute Gasteiger partial charge is 0.335 e. The van der Waals surface area contributed by atoms with Crippen LogP contribution in [0.25, 0.3) is 22.4 Å². The van der Waals surface area contributed by atoms with E-state index in [1.54, 1.807) is 12.1 Å². The summed E-state index contributed by atoms with van der Waals surface area (Å²) in [7, 11) is 0. The van der Waals surface area contributed by atoms with Gasteiger partial charge in [-0.3, -0.25) is 0 Å². The molecule has 0 bridgehead atoms. The topological polar surface area (TPSA) is 38.9 Å². The zero-order valence-electron chi connectivity index (χ0n) is 10.4. The van der Waals surface area contributed by atoms with E-state index >= 15 is 0 Å². The predicted octanol–water partition coefficient (Wildman–Crippen LogP) is 4.22. The summed E-state index contributed by atoms with van der Waals surface area (Å²) in [5.74, 6) is 0. The first-order valence-electron chi connectivity index (χ1n) is 5.85. The molecule has 0 aliphatic rings. The van der Waals surface area contributed by atoms with Crippen molar-refractivity contribution in [1.82, 2.24) is 10.1 Å². The first kappa shape index (κ1) is 12.7. The lowest BCUT2D eigenvalue weighted by Gasteiger charge is -2.05. The standard InChI is InChI=1S/C14H9F3N2O/c1-8-2-4-9(5-3-8)12-11-6-10(14(15,16)17)7-18-13(11)20-19-12/h2-7H,1H3. The second-order valence-corrected chi connectivity index (χ2v) is 4.47. The number of aromatic nitrogens is 2. The summed E-state index contributed by atoms with van der Waals surface area (Å²) in [4.78, 5) is 3.66. The number of pyridine rings is 1. The SMILES string of the molecule is Cc1ccc(-c2noc3ncc(C(F)(F)F)cc23)cc1. The van der Waals surface area contributed by atoms with Crippen molar-refractivity contribution in [3.63, 3.8) is 0 Å². The van der Waals surface area contributed by atoms with Crippen molar-refractivity contribution in [2.75, 3.05) is 0 Å². The molecule has 0 aliphatic carbocycles. The van der Waals surface area contributed by atoms with Gasteiger partial charge in [0.2, 0.25) is 0 Å². The van der Waals surface area contributed by atoms with E-state index in [1.807, 2.05) is 19.1 Å². The summed E-state index contributed by atoms with van der Waals surface area (Å²) in [5.41, 5.74) is 1.37. The number of nitrogens with zero attached hydrogens (tertiary/aromatic N) is 2. The highest BCUT2D eigenvalue weighted by atomic mass is 19.4. The lowest BCUT2D eigenvalue weighted by molar-refractivity contribution is -0.137. The molecule has 0 radical (unpaired) electrons. The number of hydrogen-bond acceptors (Lipinski definition) is 3. The molecular formula is C14H9F3N2O. The minimum Gasteiger partial charge on any atom is -0.335 e. The molecule has 0 amide bonds. The van der Waals surface area contributed by atoms with Crippen molar-refractivity contribution in [3.05, 3.63) is 47.7 Å². The molecule has 2 aromatic heterocycles. The van der Waals surface area contributed by atoms with Gasteiger partial charge in [-0.05, 0) is 13.0 Å². The van der Waals surface area contributed by atoms with Gasteiger partial charge in [-0.1, -0.05) is 35.0 Å². The monoisotopic (exact) mass is 278 g/mol. The number of rotatable bonds is 1. The van der Waals surface area contributed by atoms with Gasteiger partial charge in [-0.2, -0.15) is 13.2 Å². The van der Waals surface area contributed by atoms with Crippen LogP contribution in [-0.4, -0.2) is 10.1 Å². The minimum absolute atomic E-state index is 0.0913. The molecule has 1 aromatic carbocycles. The van der Waals surface area contributed by atoms with E-state index in [2.05, 4.69) is 10.1 Å². The van der Waals surface area contributed by atoms with Gasteiger partial charge >= 0.3 is 6.18 Å². The average molecular weight is 278 g/mol. The number of hydrogen-bond donors (Lipinski definition) is 0. The van der Waals surface area contributed by atoms with Crippen LogP contribution in [0.4, 0.5) is 13.2 Å². The van der Waals surface area contributed by atoms with Crippen LogP contribution >= 0.6 is 0 Å². The van der Waals surface area contributed by atoms with Gasteiger partial charge in [0.05, 0.1) is 10.9 Å². The lowest BCUT2D eigenvalue weighted by atomic mass is 10.1. The molecule has 2 heterocycles. The van der Waals surface area contributed by atoms with E-state index < -0.39 is 11.7 Å². The summed E-state index contributed by atoms with van der Waals surface area (Å²) < 4.78 is 43.1. The van der Waals surface area contributed by atoms with Crippen molar-refractivity contribution < 1.29 is 17.7 Å². The van der Waals surface area contributed by atoms with Crippen molar-refractivity contribution in [3.8, 4) is 11.3 Å². The highest BCUT2D eigenvalue weighted by Crippen LogP contribution is 2.33. The number of alkyl halides is 3. The summed E-state index contributed by atoms with van der Waals surface area (Å²) in [6.45, 7) is 1.92. The quantitative estimate of drug-likeness (QED) is 0.669. The van der Waals surface area contributed by atoms with E-state index in [0.717, 1.165) is 17.8 Å². The Morgan fingerprint density at radius 3 is 2.45 bits per heavy atom. The largest absolute Gasteiger partial charge is 0.417 e. The molecule has 0 atom stereocenters. The zero-order valence-corrected chi connectivity index (χ0v) is 10.4. The molecule has 102 valence electrons. The maximum Gasteiger partial charge on any atom is 0.417 e. The molecule has 20 heavy (non-hydrogen) atoms. The Bertz CT molecular complexity index is 760. The summed E-state index contributed by atoms with van der Waals surface area (Å²) >= 11 is 0. The molecule has 0 saturated heterocycles. The third-order valence-corrected chi connectivity index (χ3v) is 2.98. The van der Waals surface area contributed by atoms with Crippen LogP contribution in [0, 0.1) is 6.92 Å². The Labute approximate surface area is 112 Å². The summed E-state index contributed by atoms with van der Waals surface area (Å²) in [6, 6.07) is 8.29. The number of benzene rings is 1. The third kappa shape index (κ3) is 2.13. The number of fused-ring (bicyclic) bond motifs is 1. The van der Waals surface area contributed by atoms with E-state index in [1.165, 1.54) is 0 Å². The van der Waals surface area contributed by atoms with Gasteiger partial charge in [-0.25, -0.2) is 4.98 Å². The fourth-order valence-electron chi connectivity index (χ4n) is 1.91. The Morgan fingerprint density at radius 1 is 1.10 bits per heavy atom. The third-order valence-electron chi connectivity index (χ3n) is 2.98. The Balaban J connectivity index is 2.19. The van der Waals surface area contributed by atoms with Gasteiger partial charge in [0.1, 0.15) is 5.69 Å². The Hall–Kier alpha value is -2.37. The van der Waals surface area contributed by atoms with Gasteiger partial charge in [0.15, 0.2) is 0 Å². The molecule has 3 rings (SSSR count). The number of aryl methyl sites for hydroxylation is 1. The number of halogens is 3. The molecule has 3 aromatic rings. The Kier molecular flexibility index (Phi) is 2.74. The normalized spacial score (nSPS) is 12.0. The first-order chi connectivity index (χ1) is 9.45. The highest BCUT2D eigenvalue weighted by molar-refractivity contribution is 5.89. The molecule has 6 heteroatoms. The van der Waals surface area contributed by atoms with Crippen LogP contribution in [-0.2, 0) is 6.18 Å². The minimum atomic E-state index is -4.44. The van der Waals surface area contributed by atoms with Gasteiger partial charge in [0.25, 0.3) is 5.71 Å². The van der Waals surface area contributed by atoms with Crippen LogP contribution in [0.15, 0.2) is 41.1 Å². The highest BCUT2D eigenvalue weighted by Gasteiger charge is 2.32. The van der Waals surface area contributed by atoms with Crippen LogP contribution in [0.5, 0.6) is 0 Å². The van der Waals surface area contributed by atoms with Gasteiger partial charge < -0.3 is 4.52 Å². The molecule has 0 fully saturated rings. The van der Waals surface area contributed by atoms with Gasteiger partial charge in [0, 0.05) is 11.8 Å². The second-order valence-electron chi connectivity index (χ2n) is 4.47. The van der Waals surface area contributed by atoms with Crippen molar-refractivity contribution >= 4 is 11.1 Å². The van der Waals surface area contributed by atoms with Gasteiger partial charge in [-0.15, -0.1) is 0 Å². The molecular weight excluding hydrogens is 269 g/mol. The van der Waals surface area contributed by atoms with E-state index in [-0.39, 0.29) is 11.1 Å². The maximum absolute atomic E-state index is 12.7. The molecule has 0 unspecified atom stereocenters. The zero-order chi connectivity index (χ0) is 14.3. The van der Waals surface area contributed by atoms with E-state index in [9.17, 15) is 13.2 Å². The molecule has 0 N–H and O–H groups in total. The second kappa shape index (κ2) is 4.33. The van der Waals surface area contributed by atoms with Crippen LogP contribution in [0.3, 0.4) is 0 Å². The summed E-state index contributed by atoms with van der Waals surface area (Å²) in [6.07, 6.45) is -3.70. The van der Waals surface area contributed by atoms with Crippen LogP contribution in [0.1, 0.15) is 11.1 Å². The van der Waals surface area contributed by atoms with Crippen molar-refractivity contribution in [2.45, 2.75) is 13.1 Å². The summed E-state index contributed by atoms with van der Waals surface area (Å²) in [5, 5.41) is 4.07. The fourth-order valence-corrected chi connectivity index (χ4v) is 1.91.